The fourth-order valence-corrected chi connectivity index (χ4v) is 4.27. The minimum absolute atomic E-state index is 0.0182. The van der Waals surface area contributed by atoms with Crippen LogP contribution in [0.5, 0.6) is 5.75 Å². The fraction of sp³-hybridized carbons (Fsp3) is 0.571. The number of sulfonamides is 1. The maximum Gasteiger partial charge on any atom is 0.244 e. The molecular formula is C14H20ClNO3S. The topological polar surface area (TPSA) is 55.4 Å². The number of methoxy groups -OCH3 is 1. The lowest BCUT2D eigenvalue weighted by Gasteiger charge is -2.18. The van der Waals surface area contributed by atoms with Crippen molar-refractivity contribution >= 4 is 21.6 Å². The summed E-state index contributed by atoms with van der Waals surface area (Å²) in [6.45, 7) is 4.31. The van der Waals surface area contributed by atoms with Gasteiger partial charge in [-0.15, -0.1) is 0 Å². The van der Waals surface area contributed by atoms with Gasteiger partial charge in [0.2, 0.25) is 10.0 Å². The molecule has 0 radical (unpaired) electrons. The summed E-state index contributed by atoms with van der Waals surface area (Å²) in [6.07, 6.45) is 2.74. The quantitative estimate of drug-likeness (QED) is 0.927. The van der Waals surface area contributed by atoms with Crippen molar-refractivity contribution in [1.29, 1.82) is 0 Å². The standard InChI is InChI=1S/C14H20ClNO3S/c1-14(2)7-6-11(9-14)16-20(17,18)13-5-4-10(15)8-12(13)19-3/h4-5,8,11,16H,6-7,9H2,1-3H3. The van der Waals surface area contributed by atoms with Crippen LogP contribution in [0.25, 0.3) is 0 Å². The number of halogens is 1. The van der Waals surface area contributed by atoms with Crippen LogP contribution in [0.4, 0.5) is 0 Å². The van der Waals surface area contributed by atoms with Gasteiger partial charge in [0.1, 0.15) is 10.6 Å². The molecule has 1 aromatic rings. The Bertz CT molecular complexity index is 598. The Morgan fingerprint density at radius 2 is 2.10 bits per heavy atom. The molecule has 1 atom stereocenters. The lowest BCUT2D eigenvalue weighted by Crippen LogP contribution is -2.33. The average molecular weight is 318 g/mol. The number of rotatable bonds is 4. The second-order valence-electron chi connectivity index (χ2n) is 6.02. The maximum atomic E-state index is 12.5. The van der Waals surface area contributed by atoms with Gasteiger partial charge in [0.05, 0.1) is 7.11 Å². The Kier molecular flexibility index (Phi) is 4.33. The Morgan fingerprint density at radius 1 is 1.40 bits per heavy atom. The van der Waals surface area contributed by atoms with Crippen LogP contribution in [0.15, 0.2) is 23.1 Å². The molecule has 0 amide bonds. The third-order valence-electron chi connectivity index (χ3n) is 3.71. The van der Waals surface area contributed by atoms with Gasteiger partial charge < -0.3 is 4.74 Å². The summed E-state index contributed by atoms with van der Waals surface area (Å²) >= 11 is 5.86. The first-order valence-corrected chi connectivity index (χ1v) is 8.45. The zero-order chi connectivity index (χ0) is 15.0. The second kappa shape index (κ2) is 5.54. The van der Waals surface area contributed by atoms with Gasteiger partial charge in [-0.2, -0.15) is 0 Å². The van der Waals surface area contributed by atoms with Crippen molar-refractivity contribution in [1.82, 2.24) is 4.72 Å². The summed E-state index contributed by atoms with van der Waals surface area (Å²) in [5, 5.41) is 0.447. The Labute approximate surface area is 125 Å². The Balaban J connectivity index is 2.23. The minimum atomic E-state index is -3.59. The van der Waals surface area contributed by atoms with E-state index in [1.807, 2.05) is 0 Å². The highest BCUT2D eigenvalue weighted by atomic mass is 35.5. The molecule has 1 aromatic carbocycles. The highest BCUT2D eigenvalue weighted by Gasteiger charge is 2.34. The molecular weight excluding hydrogens is 298 g/mol. The van der Waals surface area contributed by atoms with E-state index in [4.69, 9.17) is 16.3 Å². The van der Waals surface area contributed by atoms with Crippen molar-refractivity contribution in [3.05, 3.63) is 23.2 Å². The van der Waals surface area contributed by atoms with E-state index < -0.39 is 10.0 Å². The number of nitrogens with one attached hydrogen (secondary N) is 1. The molecule has 112 valence electrons. The van der Waals surface area contributed by atoms with Crippen molar-refractivity contribution < 1.29 is 13.2 Å². The molecule has 0 aliphatic heterocycles. The molecule has 0 heterocycles. The molecule has 1 aliphatic carbocycles. The lowest BCUT2D eigenvalue weighted by atomic mass is 9.92. The summed E-state index contributed by atoms with van der Waals surface area (Å²) in [4.78, 5) is 0.133. The van der Waals surface area contributed by atoms with E-state index >= 15 is 0 Å². The second-order valence-corrected chi connectivity index (χ2v) is 8.14. The highest BCUT2D eigenvalue weighted by Crippen LogP contribution is 2.38. The average Bonchev–Trinajstić information content (AvgIpc) is 2.67. The smallest absolute Gasteiger partial charge is 0.244 e. The van der Waals surface area contributed by atoms with Crippen molar-refractivity contribution in [3.8, 4) is 5.75 Å². The summed E-state index contributed by atoms with van der Waals surface area (Å²) < 4.78 is 32.8. The minimum Gasteiger partial charge on any atom is -0.495 e. The van der Waals surface area contributed by atoms with Gasteiger partial charge in [-0.25, -0.2) is 13.1 Å². The van der Waals surface area contributed by atoms with Gasteiger partial charge >= 0.3 is 0 Å². The molecule has 20 heavy (non-hydrogen) atoms. The SMILES string of the molecule is COc1cc(Cl)ccc1S(=O)(=O)NC1CCC(C)(C)C1. The summed E-state index contributed by atoms with van der Waals surface area (Å²) in [5.41, 5.74) is 0.192. The summed E-state index contributed by atoms with van der Waals surface area (Å²) in [5.74, 6) is 0.266. The van der Waals surface area contributed by atoms with Gasteiger partial charge in [0.25, 0.3) is 0 Å². The number of hydrogen-bond donors (Lipinski definition) is 1. The van der Waals surface area contributed by atoms with Crippen LogP contribution in [0, 0.1) is 5.41 Å². The lowest BCUT2D eigenvalue weighted by molar-refractivity contribution is 0.372. The predicted octanol–water partition coefficient (Wildman–Crippen LogP) is 3.21. The largest absolute Gasteiger partial charge is 0.495 e. The van der Waals surface area contributed by atoms with Gasteiger partial charge in [-0.05, 0) is 36.8 Å². The molecule has 0 bridgehead atoms. The van der Waals surface area contributed by atoms with Crippen LogP contribution in [-0.2, 0) is 10.0 Å². The van der Waals surface area contributed by atoms with E-state index in [0.29, 0.717) is 5.02 Å². The van der Waals surface area contributed by atoms with E-state index in [1.165, 1.54) is 19.2 Å². The maximum absolute atomic E-state index is 12.5. The van der Waals surface area contributed by atoms with Crippen LogP contribution < -0.4 is 9.46 Å². The zero-order valence-corrected chi connectivity index (χ0v) is 13.5. The van der Waals surface area contributed by atoms with Crippen LogP contribution in [0.3, 0.4) is 0 Å². The van der Waals surface area contributed by atoms with E-state index in [2.05, 4.69) is 18.6 Å². The Morgan fingerprint density at radius 3 is 2.65 bits per heavy atom. The molecule has 6 heteroatoms. The van der Waals surface area contributed by atoms with Crippen molar-refractivity contribution in [2.45, 2.75) is 44.0 Å². The number of hydrogen-bond acceptors (Lipinski definition) is 3. The molecule has 1 saturated carbocycles. The predicted molar refractivity (Wildman–Crippen MR) is 79.7 cm³/mol. The molecule has 1 unspecified atom stereocenters. The van der Waals surface area contributed by atoms with Crippen LogP contribution in [0.2, 0.25) is 5.02 Å². The number of benzene rings is 1. The van der Waals surface area contributed by atoms with Crippen molar-refractivity contribution in [2.24, 2.45) is 5.41 Å². The molecule has 0 saturated heterocycles. The fourth-order valence-electron chi connectivity index (χ4n) is 2.68. The van der Waals surface area contributed by atoms with Gasteiger partial charge in [-0.3, -0.25) is 0 Å². The van der Waals surface area contributed by atoms with Crippen LogP contribution >= 0.6 is 11.6 Å². The first kappa shape index (κ1) is 15.6. The normalized spacial score (nSPS) is 21.9. The monoisotopic (exact) mass is 317 g/mol. The summed E-state index contributed by atoms with van der Waals surface area (Å²) in [6, 6.07) is 4.52. The third kappa shape index (κ3) is 3.45. The van der Waals surface area contributed by atoms with Crippen LogP contribution in [-0.4, -0.2) is 21.6 Å². The zero-order valence-electron chi connectivity index (χ0n) is 11.9. The molecule has 0 aromatic heterocycles. The highest BCUT2D eigenvalue weighted by molar-refractivity contribution is 7.89. The molecule has 4 nitrogen and oxygen atoms in total. The first-order chi connectivity index (χ1) is 9.23. The molecule has 1 N–H and O–H groups in total. The van der Waals surface area contributed by atoms with E-state index in [1.54, 1.807) is 6.07 Å². The van der Waals surface area contributed by atoms with E-state index in [0.717, 1.165) is 19.3 Å². The molecule has 1 aliphatic rings. The van der Waals surface area contributed by atoms with Gasteiger partial charge in [-0.1, -0.05) is 25.4 Å². The van der Waals surface area contributed by atoms with E-state index in [9.17, 15) is 8.42 Å². The number of ether oxygens (including phenoxy) is 1. The summed E-state index contributed by atoms with van der Waals surface area (Å²) in [7, 11) is -2.15. The van der Waals surface area contributed by atoms with Crippen molar-refractivity contribution in [3.63, 3.8) is 0 Å². The van der Waals surface area contributed by atoms with E-state index in [-0.39, 0.29) is 22.1 Å². The molecule has 1 fully saturated rings. The van der Waals surface area contributed by atoms with Gasteiger partial charge in [0, 0.05) is 17.1 Å². The molecule has 0 spiro atoms. The first-order valence-electron chi connectivity index (χ1n) is 6.59. The van der Waals surface area contributed by atoms with Crippen LogP contribution in [0.1, 0.15) is 33.1 Å². The van der Waals surface area contributed by atoms with Crippen molar-refractivity contribution in [2.75, 3.05) is 7.11 Å². The molecule has 2 rings (SSSR count). The van der Waals surface area contributed by atoms with Gasteiger partial charge in [0.15, 0.2) is 0 Å². The Hall–Kier alpha value is -0.780. The third-order valence-corrected chi connectivity index (χ3v) is 5.50.